The van der Waals surface area contributed by atoms with Crippen molar-refractivity contribution in [3.63, 3.8) is 0 Å². The molecule has 78 heavy (non-hydrogen) atoms. The largest absolute Gasteiger partial charge is 0.394 e. The lowest BCUT2D eigenvalue weighted by Gasteiger charge is -2.42. The summed E-state index contributed by atoms with van der Waals surface area (Å²) in [5, 5.41) is 227. The maximum absolute atomic E-state index is 13.4. The molecule has 34 heteroatoms. The Hall–Kier alpha value is -3.30. The lowest BCUT2D eigenvalue weighted by atomic mass is 9.90. The van der Waals surface area contributed by atoms with Crippen LogP contribution in [0.1, 0.15) is 20.7 Å². The molecule has 4 fully saturated rings. The molecule has 0 spiro atoms. The molecule has 4 heterocycles. The van der Waals surface area contributed by atoms with Crippen LogP contribution in [-0.2, 0) is 47.5 Å². The molecule has 4 saturated heterocycles. The summed E-state index contributed by atoms with van der Waals surface area (Å²) in [7, 11) is 0. The van der Waals surface area contributed by atoms with Gasteiger partial charge >= 0.3 is 0 Å². The van der Waals surface area contributed by atoms with Gasteiger partial charge in [-0.3, -0.25) is 19.2 Å². The van der Waals surface area contributed by atoms with Crippen LogP contribution in [0.15, 0.2) is 24.3 Å². The molecular weight excluding hydrogens is 1070 g/mol. The molecule has 0 unspecified atom stereocenters. The Morgan fingerprint density at radius 1 is 0.385 bits per heavy atom. The van der Waals surface area contributed by atoms with E-state index in [9.17, 15) is 132 Å². The van der Waals surface area contributed by atoms with Gasteiger partial charge in [0.05, 0.1) is 39.6 Å². The van der Waals surface area contributed by atoms with Crippen molar-refractivity contribution in [1.82, 2.24) is 0 Å². The van der Waals surface area contributed by atoms with Gasteiger partial charge in [-0.2, -0.15) is 0 Å². The Kier molecular flexibility index (Phi) is 24.0. The number of carbonyl (C=O) groups excluding carboxylic acids is 4. The van der Waals surface area contributed by atoms with Crippen molar-refractivity contribution in [2.75, 3.05) is 39.6 Å². The molecule has 1 aromatic rings. The third-order valence-corrected chi connectivity index (χ3v) is 13.3. The van der Waals surface area contributed by atoms with Gasteiger partial charge in [0.2, 0.25) is 23.1 Å². The van der Waals surface area contributed by atoms with E-state index in [2.05, 4.69) is 0 Å². The van der Waals surface area contributed by atoms with Gasteiger partial charge in [0.15, 0.2) is 25.2 Å². The number of rotatable bonds is 26. The molecule has 1 aromatic carbocycles. The molecule has 34 nitrogen and oxygen atoms in total. The zero-order valence-electron chi connectivity index (χ0n) is 40.5. The number of carbonyl (C=O) groups is 4. The summed E-state index contributed by atoms with van der Waals surface area (Å²) < 4.78 is 42.1. The zero-order valence-corrected chi connectivity index (χ0v) is 40.5. The summed E-state index contributed by atoms with van der Waals surface area (Å²) in [5.41, 5.74) is -1.96. The quantitative estimate of drug-likeness (QED) is 0.0302. The lowest BCUT2D eigenvalue weighted by Crippen LogP contribution is -2.62. The molecular formula is C44H66O34. The first-order chi connectivity index (χ1) is 36.6. The van der Waals surface area contributed by atoms with E-state index < -0.39 is 246 Å². The van der Waals surface area contributed by atoms with Crippen LogP contribution in [0.3, 0.4) is 0 Å². The second-order valence-electron chi connectivity index (χ2n) is 18.7. The first-order valence-electron chi connectivity index (χ1n) is 23.8. The Labute approximate surface area is 438 Å². The van der Waals surface area contributed by atoms with E-state index in [1.54, 1.807) is 0 Å². The summed E-state index contributed by atoms with van der Waals surface area (Å²) in [5.74, 6) is -7.61. The number of aliphatic hydroxyl groups is 22. The Bertz CT molecular complexity index is 1960. The SMILES string of the molecule is O=C(C(=O)[C@H](O)[C@@H](O)[C@H](O)[C@H](O)CO[C@H]1O[C@H](CO[C@H]2O[C@H](CO)[C@@H](O)[C@H](O)[C@H]2O)[C@@H](O)[C@H](O)[C@H]1O)c1ccccc1C(=O)C(=O)[C@H](O)[C@@H](O)[C@H](O)[C@H](O)CO[C@H]1O[C@H](CO[C@H]2O[C@H](CO)[C@@H](O)[C@H](O)[C@H]2O)[C@@H](O)[C@H](O)[C@H]1O. The molecule has 0 bridgehead atoms. The average molecular weight is 1140 g/mol. The summed E-state index contributed by atoms with van der Waals surface area (Å²) in [4.78, 5) is 53.1. The molecule has 0 amide bonds. The third kappa shape index (κ3) is 14.7. The third-order valence-electron chi connectivity index (χ3n) is 13.3. The van der Waals surface area contributed by atoms with Crippen molar-refractivity contribution >= 4 is 23.1 Å². The molecule has 22 N–H and O–H groups in total. The Balaban J connectivity index is 1.13. The molecule has 0 aromatic heterocycles. The summed E-state index contributed by atoms with van der Waals surface area (Å²) in [6, 6.07) is 3.59. The van der Waals surface area contributed by atoms with Crippen LogP contribution in [0.5, 0.6) is 0 Å². The summed E-state index contributed by atoms with van der Waals surface area (Å²) in [6.07, 6.45) is -57.9. The van der Waals surface area contributed by atoms with Gasteiger partial charge in [0.1, 0.15) is 146 Å². The van der Waals surface area contributed by atoms with Gasteiger partial charge in [0, 0.05) is 11.1 Å². The predicted molar refractivity (Wildman–Crippen MR) is 238 cm³/mol. The van der Waals surface area contributed by atoms with Gasteiger partial charge in [-0.1, -0.05) is 24.3 Å². The monoisotopic (exact) mass is 1140 g/mol. The predicted octanol–water partition coefficient (Wildman–Crippen LogP) is -14.6. The molecule has 5 rings (SSSR count). The molecule has 4 aliphatic rings. The van der Waals surface area contributed by atoms with Crippen molar-refractivity contribution in [2.45, 2.75) is 172 Å². The fourth-order valence-electron chi connectivity index (χ4n) is 8.31. The van der Waals surface area contributed by atoms with Crippen LogP contribution in [-0.4, -0.2) is 347 Å². The van der Waals surface area contributed by atoms with Gasteiger partial charge < -0.3 is 150 Å². The first kappa shape index (κ1) is 65.5. The molecule has 0 saturated carbocycles. The van der Waals surface area contributed by atoms with Crippen LogP contribution in [0, 0.1) is 0 Å². The average Bonchev–Trinajstić information content (AvgIpc) is 3.46. The van der Waals surface area contributed by atoms with Crippen molar-refractivity contribution in [2.24, 2.45) is 0 Å². The number of hydrogen-bond acceptors (Lipinski definition) is 34. The highest BCUT2D eigenvalue weighted by Gasteiger charge is 2.51. The van der Waals surface area contributed by atoms with Crippen molar-refractivity contribution in [1.29, 1.82) is 0 Å². The topological polar surface area (TPSA) is 587 Å². The maximum Gasteiger partial charge on any atom is 0.234 e. The van der Waals surface area contributed by atoms with E-state index in [4.69, 9.17) is 37.9 Å². The fraction of sp³-hybridized carbons (Fsp3) is 0.773. The minimum atomic E-state index is -2.92. The zero-order chi connectivity index (χ0) is 58.4. The minimum Gasteiger partial charge on any atom is -0.394 e. The van der Waals surface area contributed by atoms with E-state index >= 15 is 0 Å². The Morgan fingerprint density at radius 3 is 0.949 bits per heavy atom. The van der Waals surface area contributed by atoms with Gasteiger partial charge in [0.25, 0.3) is 0 Å². The number of aliphatic hydroxyl groups excluding tert-OH is 22. The highest BCUT2D eigenvalue weighted by atomic mass is 16.7. The summed E-state index contributed by atoms with van der Waals surface area (Å²) in [6.45, 7) is -5.53. The van der Waals surface area contributed by atoms with Crippen molar-refractivity contribution in [3.8, 4) is 0 Å². The first-order valence-corrected chi connectivity index (χ1v) is 23.8. The fourth-order valence-corrected chi connectivity index (χ4v) is 8.31. The molecule has 4 aliphatic heterocycles. The van der Waals surface area contributed by atoms with Gasteiger partial charge in [-0.15, -0.1) is 0 Å². The number of ketones is 4. The van der Waals surface area contributed by atoms with E-state index in [0.29, 0.717) is 0 Å². The second kappa shape index (κ2) is 28.6. The minimum absolute atomic E-state index is 0.754. The molecule has 28 atom stereocenters. The Morgan fingerprint density at radius 2 is 0.654 bits per heavy atom. The van der Waals surface area contributed by atoms with Crippen molar-refractivity contribution < 1.29 is 169 Å². The van der Waals surface area contributed by atoms with E-state index in [0.717, 1.165) is 24.3 Å². The van der Waals surface area contributed by atoms with Gasteiger partial charge in [-0.05, 0) is 0 Å². The van der Waals surface area contributed by atoms with E-state index in [-0.39, 0.29) is 0 Å². The van der Waals surface area contributed by atoms with Crippen LogP contribution >= 0.6 is 0 Å². The smallest absolute Gasteiger partial charge is 0.234 e. The van der Waals surface area contributed by atoms with E-state index in [1.807, 2.05) is 0 Å². The normalized spacial score (nSPS) is 38.7. The van der Waals surface area contributed by atoms with Crippen LogP contribution in [0.2, 0.25) is 0 Å². The molecule has 446 valence electrons. The number of ether oxygens (including phenoxy) is 8. The van der Waals surface area contributed by atoms with E-state index in [1.165, 1.54) is 0 Å². The molecule has 0 radical (unpaired) electrons. The van der Waals surface area contributed by atoms with Crippen LogP contribution in [0.25, 0.3) is 0 Å². The summed E-state index contributed by atoms with van der Waals surface area (Å²) >= 11 is 0. The second-order valence-corrected chi connectivity index (χ2v) is 18.7. The number of Topliss-reactive ketones (excluding diaryl/α,β-unsaturated/α-hetero) is 4. The number of hydrogen-bond donors (Lipinski definition) is 22. The van der Waals surface area contributed by atoms with Gasteiger partial charge in [-0.25, -0.2) is 0 Å². The highest BCUT2D eigenvalue weighted by Crippen LogP contribution is 2.29. The van der Waals surface area contributed by atoms with Crippen LogP contribution < -0.4 is 0 Å². The molecule has 0 aliphatic carbocycles. The standard InChI is InChI=1S/C44H66O34/c45-5-15-23(53)31(61)37(67)43(75-15)73-9-17-25(55)33(63)39(69)41(77-17)71-7-13(47)21(51)29(59)35(65)27(57)19(49)11-3-1-2-4-12(11)20(50)28(58)36(66)30(60)22(52)14(48)8-72-42-40(70)34(64)26(56)18(78-42)10-74-44-38(68)32(62)24(54)16(6-46)76-44/h1-4,13-18,21-26,29-48,51-56,59-70H,5-10H2/t13-,14-,15-,16-,17-,18-,21-,22-,23-,24-,25-,26-,29+,30+,31+,32+,33+,34+,35+,36+,37-,38-,39-,40-,41+,42+,43+,44+/m1/s1. The van der Waals surface area contributed by atoms with Crippen molar-refractivity contribution in [3.05, 3.63) is 35.4 Å². The lowest BCUT2D eigenvalue weighted by molar-refractivity contribution is -0.333. The van der Waals surface area contributed by atoms with Crippen LogP contribution in [0.4, 0.5) is 0 Å². The maximum atomic E-state index is 13.4. The number of benzene rings is 1. The highest BCUT2D eigenvalue weighted by molar-refractivity contribution is 6.51.